The topological polar surface area (TPSA) is 76.2 Å². The number of carbonyl (C=O) groups excluding carboxylic acids is 1. The van der Waals surface area contributed by atoms with Crippen LogP contribution in [0.5, 0.6) is 0 Å². The molecule has 1 amide bonds. The number of amides is 1. The second-order valence-electron chi connectivity index (χ2n) is 12.0. The number of nitrogens with zero attached hydrogens (tertiary/aromatic N) is 3. The maximum atomic E-state index is 13.9. The Morgan fingerprint density at radius 2 is 1.77 bits per heavy atom. The predicted molar refractivity (Wildman–Crippen MR) is 174 cm³/mol. The maximum absolute atomic E-state index is 13.9. The molecule has 1 saturated heterocycles. The van der Waals surface area contributed by atoms with Gasteiger partial charge in [-0.15, -0.1) is 0 Å². The standard InChI is InChI=1S/C37H37N5O/c1-41-24-33(31-20-29(28-11-12-28)13-15-36(31)41)35-21-32(37(43)39-23-27-8-6-26(22-38)7-9-27)30-19-25(10-14-34(30)40-35)5-4-18-42-16-2-3-17-42/h6-10,13-15,19-21,24,28H,2-3,11-12,16-18,22-23,38H2,1H3,(H,39,43). The Balaban J connectivity index is 1.27. The molecule has 6 nitrogen and oxygen atoms in total. The van der Waals surface area contributed by atoms with Crippen LogP contribution < -0.4 is 11.1 Å². The van der Waals surface area contributed by atoms with E-state index >= 15 is 0 Å². The van der Waals surface area contributed by atoms with Crippen molar-refractivity contribution in [3.63, 3.8) is 0 Å². The zero-order valence-corrected chi connectivity index (χ0v) is 24.7. The summed E-state index contributed by atoms with van der Waals surface area (Å²) in [6.07, 6.45) is 7.14. The van der Waals surface area contributed by atoms with Gasteiger partial charge in [0, 0.05) is 53.8 Å². The molecule has 0 bridgehead atoms. The van der Waals surface area contributed by atoms with Crippen molar-refractivity contribution in [1.82, 2.24) is 19.8 Å². The summed E-state index contributed by atoms with van der Waals surface area (Å²) in [6, 6.07) is 22.8. The van der Waals surface area contributed by atoms with E-state index in [0.717, 1.165) is 64.0 Å². The molecule has 3 aromatic carbocycles. The van der Waals surface area contributed by atoms with E-state index < -0.39 is 0 Å². The molecule has 6 heteroatoms. The third kappa shape index (κ3) is 5.79. The number of rotatable bonds is 7. The monoisotopic (exact) mass is 567 g/mol. The van der Waals surface area contributed by atoms with Gasteiger partial charge < -0.3 is 15.6 Å². The summed E-state index contributed by atoms with van der Waals surface area (Å²) in [4.78, 5) is 21.3. The molecule has 1 aliphatic heterocycles. The maximum Gasteiger partial charge on any atom is 0.252 e. The molecule has 2 aliphatic rings. The fraction of sp³-hybridized carbons (Fsp3) is 0.297. The summed E-state index contributed by atoms with van der Waals surface area (Å²) in [6.45, 7) is 3.94. The molecule has 0 unspecified atom stereocenters. The van der Waals surface area contributed by atoms with Crippen molar-refractivity contribution in [2.75, 3.05) is 19.6 Å². The quantitative estimate of drug-likeness (QED) is 0.233. The van der Waals surface area contributed by atoms with Crippen molar-refractivity contribution in [1.29, 1.82) is 0 Å². The number of fused-ring (bicyclic) bond motifs is 2. The Kier molecular flexibility index (Phi) is 7.44. The lowest BCUT2D eigenvalue weighted by atomic mass is 10.00. The summed E-state index contributed by atoms with van der Waals surface area (Å²) >= 11 is 0. The number of likely N-dealkylation sites (tertiary alicyclic amines) is 1. The minimum atomic E-state index is -0.127. The van der Waals surface area contributed by atoms with Gasteiger partial charge in [-0.3, -0.25) is 9.69 Å². The summed E-state index contributed by atoms with van der Waals surface area (Å²) in [5, 5.41) is 5.14. The van der Waals surface area contributed by atoms with Crippen molar-refractivity contribution in [2.45, 2.75) is 44.7 Å². The lowest BCUT2D eigenvalue weighted by Crippen LogP contribution is -2.23. The molecule has 43 heavy (non-hydrogen) atoms. The van der Waals surface area contributed by atoms with Crippen LogP contribution in [0.2, 0.25) is 0 Å². The van der Waals surface area contributed by atoms with E-state index in [1.807, 2.05) is 48.5 Å². The Morgan fingerprint density at radius 3 is 2.53 bits per heavy atom. The van der Waals surface area contributed by atoms with Gasteiger partial charge in [0.2, 0.25) is 0 Å². The number of pyridine rings is 1. The molecule has 5 aromatic rings. The molecular formula is C37H37N5O. The molecule has 0 atom stereocenters. The van der Waals surface area contributed by atoms with E-state index in [2.05, 4.69) is 58.1 Å². The highest BCUT2D eigenvalue weighted by atomic mass is 16.1. The number of aromatic nitrogens is 2. The normalized spacial score (nSPS) is 15.1. The fourth-order valence-electron chi connectivity index (χ4n) is 6.18. The highest BCUT2D eigenvalue weighted by Gasteiger charge is 2.25. The molecule has 0 radical (unpaired) electrons. The Bertz CT molecular complexity index is 1880. The molecule has 1 saturated carbocycles. The van der Waals surface area contributed by atoms with Crippen LogP contribution in [-0.4, -0.2) is 40.0 Å². The first-order chi connectivity index (χ1) is 21.1. The van der Waals surface area contributed by atoms with Crippen LogP contribution in [0.3, 0.4) is 0 Å². The van der Waals surface area contributed by atoms with Crippen molar-refractivity contribution < 1.29 is 4.79 Å². The molecule has 216 valence electrons. The van der Waals surface area contributed by atoms with Gasteiger partial charge in [-0.05, 0) is 97.8 Å². The van der Waals surface area contributed by atoms with E-state index in [-0.39, 0.29) is 5.91 Å². The minimum absolute atomic E-state index is 0.127. The Labute approximate surface area is 252 Å². The average Bonchev–Trinajstić information content (AvgIpc) is 3.67. The third-order valence-corrected chi connectivity index (χ3v) is 8.84. The smallest absolute Gasteiger partial charge is 0.252 e. The second kappa shape index (κ2) is 11.7. The number of hydrogen-bond acceptors (Lipinski definition) is 4. The predicted octanol–water partition coefficient (Wildman–Crippen LogP) is 6.11. The van der Waals surface area contributed by atoms with Gasteiger partial charge in [0.1, 0.15) is 0 Å². The number of benzene rings is 3. The van der Waals surface area contributed by atoms with E-state index in [1.165, 1.54) is 36.6 Å². The summed E-state index contributed by atoms with van der Waals surface area (Å²) in [5.41, 5.74) is 14.5. The zero-order chi connectivity index (χ0) is 29.3. The van der Waals surface area contributed by atoms with Crippen LogP contribution in [0.25, 0.3) is 33.1 Å². The first-order valence-corrected chi connectivity index (χ1v) is 15.4. The highest BCUT2D eigenvalue weighted by molar-refractivity contribution is 6.08. The number of nitrogens with one attached hydrogen (secondary N) is 1. The number of carbonyl (C=O) groups is 1. The molecule has 0 spiro atoms. The Hall–Kier alpha value is -4.44. The molecule has 7 rings (SSSR count). The Morgan fingerprint density at radius 1 is 0.977 bits per heavy atom. The first-order valence-electron chi connectivity index (χ1n) is 15.4. The van der Waals surface area contributed by atoms with Crippen LogP contribution in [0.15, 0.2) is 72.9 Å². The average molecular weight is 568 g/mol. The van der Waals surface area contributed by atoms with Gasteiger partial charge in [0.15, 0.2) is 0 Å². The van der Waals surface area contributed by atoms with Crippen molar-refractivity contribution in [3.8, 4) is 23.1 Å². The SMILES string of the molecule is Cn1cc(-c2cc(C(=O)NCc3ccc(CN)cc3)c3cc(C#CCN4CCCC4)ccc3n2)c2cc(C3CC3)ccc21. The molecule has 3 N–H and O–H groups in total. The molecule has 3 heterocycles. The van der Waals surface area contributed by atoms with Crippen LogP contribution in [-0.2, 0) is 20.1 Å². The van der Waals surface area contributed by atoms with Crippen molar-refractivity contribution in [2.24, 2.45) is 12.8 Å². The van der Waals surface area contributed by atoms with Crippen LogP contribution in [0, 0.1) is 11.8 Å². The lowest BCUT2D eigenvalue weighted by Gasteiger charge is -2.12. The second-order valence-corrected chi connectivity index (χ2v) is 12.0. The number of hydrogen-bond donors (Lipinski definition) is 2. The van der Waals surface area contributed by atoms with E-state index in [9.17, 15) is 4.79 Å². The van der Waals surface area contributed by atoms with E-state index in [1.54, 1.807) is 0 Å². The van der Waals surface area contributed by atoms with E-state index in [0.29, 0.717) is 24.6 Å². The van der Waals surface area contributed by atoms with Gasteiger partial charge in [-0.2, -0.15) is 0 Å². The molecular weight excluding hydrogens is 530 g/mol. The van der Waals surface area contributed by atoms with Gasteiger partial charge >= 0.3 is 0 Å². The lowest BCUT2D eigenvalue weighted by molar-refractivity contribution is 0.0952. The van der Waals surface area contributed by atoms with Crippen molar-refractivity contribution in [3.05, 3.63) is 101 Å². The number of aryl methyl sites for hydroxylation is 1. The minimum Gasteiger partial charge on any atom is -0.350 e. The van der Waals surface area contributed by atoms with Crippen LogP contribution >= 0.6 is 0 Å². The van der Waals surface area contributed by atoms with Gasteiger partial charge in [-0.1, -0.05) is 42.2 Å². The largest absolute Gasteiger partial charge is 0.350 e. The molecule has 1 aliphatic carbocycles. The van der Waals surface area contributed by atoms with Crippen molar-refractivity contribution >= 4 is 27.7 Å². The van der Waals surface area contributed by atoms with Gasteiger partial charge in [0.05, 0.1) is 23.3 Å². The highest BCUT2D eigenvalue weighted by Crippen LogP contribution is 2.42. The van der Waals surface area contributed by atoms with Crippen LogP contribution in [0.1, 0.15) is 64.2 Å². The summed E-state index contributed by atoms with van der Waals surface area (Å²) in [5.74, 6) is 7.20. The number of nitrogens with two attached hydrogens (primary N) is 1. The van der Waals surface area contributed by atoms with Gasteiger partial charge in [-0.25, -0.2) is 4.98 Å². The zero-order valence-electron chi connectivity index (χ0n) is 24.7. The first kappa shape index (κ1) is 27.4. The summed E-state index contributed by atoms with van der Waals surface area (Å²) in [7, 11) is 2.07. The summed E-state index contributed by atoms with van der Waals surface area (Å²) < 4.78 is 2.15. The van der Waals surface area contributed by atoms with E-state index in [4.69, 9.17) is 10.7 Å². The fourth-order valence-corrected chi connectivity index (χ4v) is 6.18. The molecule has 2 fully saturated rings. The van der Waals surface area contributed by atoms with Crippen LogP contribution in [0.4, 0.5) is 0 Å². The molecule has 2 aromatic heterocycles. The third-order valence-electron chi connectivity index (χ3n) is 8.84. The van der Waals surface area contributed by atoms with Gasteiger partial charge in [0.25, 0.3) is 5.91 Å².